The molecule has 3 rings (SSSR count). The number of rotatable bonds is 2. The van der Waals surface area contributed by atoms with Crippen LogP contribution in [0.25, 0.3) is 10.9 Å². The summed E-state index contributed by atoms with van der Waals surface area (Å²) in [6, 6.07) is 14.9. The van der Waals surface area contributed by atoms with Crippen LogP contribution in [-0.4, -0.2) is 15.6 Å². The molecule has 0 unspecified atom stereocenters. The lowest BCUT2D eigenvalue weighted by atomic mass is 10.2. The lowest BCUT2D eigenvalue weighted by molar-refractivity contribution is 0.0964. The summed E-state index contributed by atoms with van der Waals surface area (Å²) < 4.78 is 2.34. The molecule has 4 heteroatoms. The van der Waals surface area contributed by atoms with E-state index >= 15 is 0 Å². The van der Waals surface area contributed by atoms with Crippen LogP contribution in [0.5, 0.6) is 0 Å². The third-order valence-electron chi connectivity index (χ3n) is 3.29. The number of benzene rings is 2. The van der Waals surface area contributed by atoms with Crippen molar-refractivity contribution in [3.05, 3.63) is 70.3 Å². The van der Waals surface area contributed by atoms with Gasteiger partial charge < -0.3 is 5.11 Å². The number of aliphatic hydroxyl groups excluding tert-OH is 1. The van der Waals surface area contributed by atoms with Gasteiger partial charge in [0.15, 0.2) is 0 Å². The smallest absolute Gasteiger partial charge is 0.263 e. The molecule has 0 radical (unpaired) electrons. The Hall–Kier alpha value is -1.91. The fourth-order valence-electron chi connectivity index (χ4n) is 2.31. The van der Waals surface area contributed by atoms with Gasteiger partial charge in [0.2, 0.25) is 0 Å². The van der Waals surface area contributed by atoms with E-state index in [1.165, 1.54) is 0 Å². The molecule has 2 aromatic carbocycles. The molecule has 1 N–H and O–H groups in total. The third-order valence-corrected chi connectivity index (χ3v) is 3.98. The maximum atomic E-state index is 12.7. The predicted molar refractivity (Wildman–Crippen MR) is 81.7 cm³/mol. The van der Waals surface area contributed by atoms with Crippen molar-refractivity contribution in [1.29, 1.82) is 0 Å². The van der Waals surface area contributed by atoms with Gasteiger partial charge in [0.1, 0.15) is 0 Å². The maximum absolute atomic E-state index is 12.7. The molecule has 0 spiro atoms. The second-order valence-electron chi connectivity index (χ2n) is 4.48. The molecule has 0 saturated carbocycles. The fourth-order valence-corrected chi connectivity index (χ4v) is 2.76. The van der Waals surface area contributed by atoms with Crippen LogP contribution in [0.1, 0.15) is 15.9 Å². The minimum Gasteiger partial charge on any atom is -0.392 e. The van der Waals surface area contributed by atoms with E-state index in [9.17, 15) is 9.90 Å². The SMILES string of the molecule is O=C(c1ccccc1Br)n1cc(CO)c2ccccc21. The van der Waals surface area contributed by atoms with E-state index in [-0.39, 0.29) is 12.5 Å². The molecule has 0 saturated heterocycles. The van der Waals surface area contributed by atoms with Crippen LogP contribution >= 0.6 is 15.9 Å². The number of fused-ring (bicyclic) bond motifs is 1. The number of aliphatic hydroxyl groups is 1. The zero-order valence-corrected chi connectivity index (χ0v) is 12.2. The number of para-hydroxylation sites is 1. The average Bonchev–Trinajstić information content (AvgIpc) is 2.86. The lowest BCUT2D eigenvalue weighted by Gasteiger charge is -2.05. The van der Waals surface area contributed by atoms with E-state index in [0.717, 1.165) is 20.9 Å². The Labute approximate surface area is 124 Å². The van der Waals surface area contributed by atoms with Crippen LogP contribution in [0.2, 0.25) is 0 Å². The van der Waals surface area contributed by atoms with Gasteiger partial charge >= 0.3 is 0 Å². The van der Waals surface area contributed by atoms with Crippen LogP contribution in [-0.2, 0) is 6.61 Å². The molecule has 0 amide bonds. The molecule has 20 heavy (non-hydrogen) atoms. The first-order valence-electron chi connectivity index (χ1n) is 6.21. The van der Waals surface area contributed by atoms with Gasteiger partial charge in [-0.15, -0.1) is 0 Å². The van der Waals surface area contributed by atoms with Gasteiger partial charge in [-0.25, -0.2) is 0 Å². The van der Waals surface area contributed by atoms with Crippen molar-refractivity contribution in [2.45, 2.75) is 6.61 Å². The third kappa shape index (κ3) is 2.07. The van der Waals surface area contributed by atoms with E-state index in [0.29, 0.717) is 5.56 Å². The van der Waals surface area contributed by atoms with Crippen molar-refractivity contribution in [2.75, 3.05) is 0 Å². The van der Waals surface area contributed by atoms with E-state index in [4.69, 9.17) is 0 Å². The molecule has 0 bridgehead atoms. The molecule has 0 fully saturated rings. The van der Waals surface area contributed by atoms with Crippen molar-refractivity contribution >= 4 is 32.7 Å². The summed E-state index contributed by atoms with van der Waals surface area (Å²) in [6.07, 6.45) is 1.70. The number of halogens is 1. The molecule has 1 heterocycles. The first kappa shape index (κ1) is 13.1. The highest BCUT2D eigenvalue weighted by molar-refractivity contribution is 9.10. The van der Waals surface area contributed by atoms with Gasteiger partial charge in [-0.3, -0.25) is 9.36 Å². The molecular formula is C16H12BrNO2. The van der Waals surface area contributed by atoms with E-state index < -0.39 is 0 Å². The van der Waals surface area contributed by atoms with Crippen molar-refractivity contribution in [3.63, 3.8) is 0 Å². The Kier molecular flexibility index (Phi) is 3.42. The van der Waals surface area contributed by atoms with Crippen LogP contribution in [0.15, 0.2) is 59.2 Å². The molecule has 3 aromatic rings. The van der Waals surface area contributed by atoms with Gasteiger partial charge in [0.25, 0.3) is 5.91 Å². The first-order valence-corrected chi connectivity index (χ1v) is 7.00. The maximum Gasteiger partial charge on any atom is 0.263 e. The van der Waals surface area contributed by atoms with Crippen molar-refractivity contribution in [3.8, 4) is 0 Å². The summed E-state index contributed by atoms with van der Waals surface area (Å²) in [4.78, 5) is 12.7. The minimum absolute atomic E-state index is 0.0866. The van der Waals surface area contributed by atoms with Gasteiger partial charge in [0.05, 0.1) is 17.7 Å². The zero-order chi connectivity index (χ0) is 14.1. The molecule has 0 aliphatic rings. The average molecular weight is 330 g/mol. The van der Waals surface area contributed by atoms with Crippen molar-refractivity contribution in [1.82, 2.24) is 4.57 Å². The number of hydrogen-bond donors (Lipinski definition) is 1. The van der Waals surface area contributed by atoms with Gasteiger partial charge in [-0.1, -0.05) is 30.3 Å². The van der Waals surface area contributed by atoms with E-state index in [1.807, 2.05) is 42.5 Å². The van der Waals surface area contributed by atoms with Crippen LogP contribution < -0.4 is 0 Å². The van der Waals surface area contributed by atoms with Crippen molar-refractivity contribution in [2.24, 2.45) is 0 Å². The molecule has 0 aliphatic heterocycles. The summed E-state index contributed by atoms with van der Waals surface area (Å²) in [7, 11) is 0. The Morgan fingerprint density at radius 3 is 2.55 bits per heavy atom. The second-order valence-corrected chi connectivity index (χ2v) is 5.34. The summed E-state index contributed by atoms with van der Waals surface area (Å²) in [6.45, 7) is -0.0866. The Morgan fingerprint density at radius 2 is 1.80 bits per heavy atom. The monoisotopic (exact) mass is 329 g/mol. The molecule has 1 aromatic heterocycles. The van der Waals surface area contributed by atoms with Gasteiger partial charge in [0, 0.05) is 21.6 Å². The minimum atomic E-state index is -0.117. The van der Waals surface area contributed by atoms with E-state index in [2.05, 4.69) is 15.9 Å². The fraction of sp³-hybridized carbons (Fsp3) is 0.0625. The largest absolute Gasteiger partial charge is 0.392 e. The Bertz CT molecular complexity index is 792. The molecule has 0 atom stereocenters. The summed E-state index contributed by atoms with van der Waals surface area (Å²) in [5.74, 6) is -0.117. The molecule has 0 aliphatic carbocycles. The quantitative estimate of drug-likeness (QED) is 0.780. The second kappa shape index (κ2) is 5.23. The summed E-state index contributed by atoms with van der Waals surface area (Å²) in [5, 5.41) is 10.3. The highest BCUT2D eigenvalue weighted by atomic mass is 79.9. The Morgan fingerprint density at radius 1 is 1.10 bits per heavy atom. The van der Waals surface area contributed by atoms with Crippen molar-refractivity contribution < 1.29 is 9.90 Å². The first-order chi connectivity index (χ1) is 9.72. The zero-order valence-electron chi connectivity index (χ0n) is 10.6. The van der Waals surface area contributed by atoms with Crippen LogP contribution in [0.4, 0.5) is 0 Å². The molecule has 100 valence electrons. The number of nitrogens with zero attached hydrogens (tertiary/aromatic N) is 1. The van der Waals surface area contributed by atoms with Gasteiger partial charge in [-0.05, 0) is 34.1 Å². The van der Waals surface area contributed by atoms with Gasteiger partial charge in [-0.2, -0.15) is 0 Å². The lowest BCUT2D eigenvalue weighted by Crippen LogP contribution is -2.11. The van der Waals surface area contributed by atoms with Crippen LogP contribution in [0, 0.1) is 0 Å². The topological polar surface area (TPSA) is 42.2 Å². The normalized spacial score (nSPS) is 10.9. The highest BCUT2D eigenvalue weighted by Gasteiger charge is 2.16. The summed E-state index contributed by atoms with van der Waals surface area (Å²) in [5.41, 5.74) is 2.15. The molecule has 3 nitrogen and oxygen atoms in total. The van der Waals surface area contributed by atoms with Crippen LogP contribution in [0.3, 0.4) is 0 Å². The summed E-state index contributed by atoms with van der Waals surface area (Å²) >= 11 is 3.40. The molecular weight excluding hydrogens is 318 g/mol. The highest BCUT2D eigenvalue weighted by Crippen LogP contribution is 2.24. The van der Waals surface area contributed by atoms with E-state index in [1.54, 1.807) is 16.8 Å². The predicted octanol–water partition coefficient (Wildman–Crippen LogP) is 3.58. The standard InChI is InChI=1S/C16H12BrNO2/c17-14-7-3-1-6-13(14)16(20)18-9-11(10-19)12-5-2-4-8-15(12)18/h1-9,19H,10H2. The number of carbonyl (C=O) groups excluding carboxylic acids is 1. The number of carbonyl (C=O) groups is 1. The Balaban J connectivity index is 2.20. The number of hydrogen-bond acceptors (Lipinski definition) is 2. The number of aromatic nitrogens is 1.